The molecule has 86 valence electrons. The minimum Gasteiger partial charge on any atom is -0.330 e. The molecule has 1 aliphatic heterocycles. The van der Waals surface area contributed by atoms with Gasteiger partial charge in [0.1, 0.15) is 10.7 Å². The lowest BCUT2D eigenvalue weighted by atomic mass is 10.2. The van der Waals surface area contributed by atoms with Gasteiger partial charge in [-0.25, -0.2) is 12.8 Å². The van der Waals surface area contributed by atoms with E-state index in [9.17, 15) is 12.8 Å². The molecule has 2 N–H and O–H groups in total. The van der Waals surface area contributed by atoms with Gasteiger partial charge in [-0.2, -0.15) is 0 Å². The first-order valence-electron chi connectivity index (χ1n) is 5.01. The Morgan fingerprint density at radius 3 is 2.69 bits per heavy atom. The molecule has 1 aromatic rings. The fourth-order valence-electron chi connectivity index (χ4n) is 1.79. The molecular formula is C11H12FNO2S. The van der Waals surface area contributed by atoms with E-state index < -0.39 is 15.7 Å². The summed E-state index contributed by atoms with van der Waals surface area (Å²) < 4.78 is 37.4. The largest absolute Gasteiger partial charge is 0.330 e. The fourth-order valence-corrected chi connectivity index (χ4v) is 3.51. The third-order valence-corrected chi connectivity index (χ3v) is 4.54. The first-order chi connectivity index (χ1) is 7.57. The maximum Gasteiger partial charge on any atom is 0.206 e. The normalized spacial score (nSPS) is 17.0. The van der Waals surface area contributed by atoms with E-state index in [0.29, 0.717) is 24.9 Å². The first-order valence-corrected chi connectivity index (χ1v) is 6.50. The van der Waals surface area contributed by atoms with Crippen molar-refractivity contribution in [3.05, 3.63) is 34.5 Å². The Morgan fingerprint density at radius 2 is 2.06 bits per heavy atom. The average molecular weight is 241 g/mol. The van der Waals surface area contributed by atoms with Crippen molar-refractivity contribution in [3.63, 3.8) is 0 Å². The minimum atomic E-state index is -3.62. The molecule has 3 nitrogen and oxygen atoms in total. The van der Waals surface area contributed by atoms with Gasteiger partial charge in [0.15, 0.2) is 0 Å². The molecule has 16 heavy (non-hydrogen) atoms. The van der Waals surface area contributed by atoms with Crippen molar-refractivity contribution in [2.75, 3.05) is 6.54 Å². The van der Waals surface area contributed by atoms with E-state index in [2.05, 4.69) is 0 Å². The number of hydrogen-bond acceptors (Lipinski definition) is 3. The van der Waals surface area contributed by atoms with Gasteiger partial charge in [0.05, 0.1) is 4.91 Å². The molecule has 0 spiro atoms. The monoisotopic (exact) mass is 241 g/mol. The van der Waals surface area contributed by atoms with Crippen LogP contribution in [0.15, 0.2) is 28.0 Å². The number of nitrogens with two attached hydrogens (primary N) is 1. The van der Waals surface area contributed by atoms with Gasteiger partial charge >= 0.3 is 0 Å². The highest BCUT2D eigenvalue weighted by molar-refractivity contribution is 7.95. The Labute approximate surface area is 93.7 Å². The Kier molecular flexibility index (Phi) is 2.82. The molecule has 0 saturated carbocycles. The number of allylic oxidation sites excluding steroid dienone is 1. The SMILES string of the molecule is NCCCC1=Cc2cccc(F)c2S1(=O)=O. The predicted molar refractivity (Wildman–Crippen MR) is 59.9 cm³/mol. The van der Waals surface area contributed by atoms with Gasteiger partial charge < -0.3 is 5.73 Å². The molecule has 0 aliphatic carbocycles. The van der Waals surface area contributed by atoms with Crippen LogP contribution >= 0.6 is 0 Å². The molecule has 0 atom stereocenters. The highest BCUT2D eigenvalue weighted by Crippen LogP contribution is 2.36. The summed E-state index contributed by atoms with van der Waals surface area (Å²) in [6.07, 6.45) is 2.48. The molecule has 0 fully saturated rings. The summed E-state index contributed by atoms with van der Waals surface area (Å²) in [6, 6.07) is 4.27. The summed E-state index contributed by atoms with van der Waals surface area (Å²) in [5.74, 6) is -0.684. The minimum absolute atomic E-state index is 0.193. The maximum atomic E-state index is 13.4. The number of halogens is 1. The smallest absolute Gasteiger partial charge is 0.206 e. The van der Waals surface area contributed by atoms with Crippen LogP contribution in [-0.2, 0) is 9.84 Å². The van der Waals surface area contributed by atoms with Crippen molar-refractivity contribution < 1.29 is 12.8 Å². The van der Waals surface area contributed by atoms with Crippen LogP contribution in [0.5, 0.6) is 0 Å². The Bertz CT molecular complexity index is 549. The molecule has 5 heteroatoms. The highest BCUT2D eigenvalue weighted by Gasteiger charge is 2.31. The third kappa shape index (κ3) is 1.66. The van der Waals surface area contributed by atoms with Gasteiger partial charge in [-0.3, -0.25) is 0 Å². The van der Waals surface area contributed by atoms with Gasteiger partial charge in [0.2, 0.25) is 9.84 Å². The van der Waals surface area contributed by atoms with Crippen LogP contribution in [0.1, 0.15) is 18.4 Å². The topological polar surface area (TPSA) is 60.2 Å². The van der Waals surface area contributed by atoms with Gasteiger partial charge in [0, 0.05) is 0 Å². The predicted octanol–water partition coefficient (Wildman–Crippen LogP) is 1.69. The number of rotatable bonds is 3. The number of benzene rings is 1. The van der Waals surface area contributed by atoms with Crippen LogP contribution in [0.3, 0.4) is 0 Å². The van der Waals surface area contributed by atoms with Gasteiger partial charge in [-0.05, 0) is 37.1 Å². The van der Waals surface area contributed by atoms with E-state index in [1.165, 1.54) is 12.1 Å². The number of fused-ring (bicyclic) bond motifs is 1. The molecule has 2 rings (SSSR count). The van der Waals surface area contributed by atoms with Crippen LogP contribution < -0.4 is 5.73 Å². The molecular weight excluding hydrogens is 229 g/mol. The van der Waals surface area contributed by atoms with E-state index in [4.69, 9.17) is 5.73 Å². The van der Waals surface area contributed by atoms with Crippen molar-refractivity contribution in [1.29, 1.82) is 0 Å². The van der Waals surface area contributed by atoms with Gasteiger partial charge in [0.25, 0.3) is 0 Å². The van der Waals surface area contributed by atoms with E-state index >= 15 is 0 Å². The van der Waals surface area contributed by atoms with Crippen molar-refractivity contribution >= 4 is 15.9 Å². The highest BCUT2D eigenvalue weighted by atomic mass is 32.2. The van der Waals surface area contributed by atoms with Crippen molar-refractivity contribution in [2.45, 2.75) is 17.7 Å². The summed E-state index contributed by atoms with van der Waals surface area (Å²) in [7, 11) is -3.62. The lowest BCUT2D eigenvalue weighted by Gasteiger charge is -2.03. The van der Waals surface area contributed by atoms with Crippen LogP contribution in [0.2, 0.25) is 0 Å². The van der Waals surface area contributed by atoms with Crippen molar-refractivity contribution in [2.24, 2.45) is 5.73 Å². The van der Waals surface area contributed by atoms with E-state index in [1.807, 2.05) is 0 Å². The third-order valence-electron chi connectivity index (χ3n) is 2.56. The standard InChI is InChI=1S/C11H12FNO2S/c12-10-5-1-3-8-7-9(4-2-6-13)16(14,15)11(8)10/h1,3,5,7H,2,4,6,13H2. The van der Waals surface area contributed by atoms with Crippen LogP contribution in [0, 0.1) is 5.82 Å². The fraction of sp³-hybridized carbons (Fsp3) is 0.273. The summed E-state index contributed by atoms with van der Waals surface area (Å²) in [5, 5.41) is 0. The van der Waals surface area contributed by atoms with E-state index in [1.54, 1.807) is 6.07 Å². The molecule has 0 bridgehead atoms. The second-order valence-electron chi connectivity index (χ2n) is 3.66. The molecule has 0 radical (unpaired) electrons. The van der Waals surface area contributed by atoms with Crippen LogP contribution in [-0.4, -0.2) is 15.0 Å². The Morgan fingerprint density at radius 1 is 1.31 bits per heavy atom. The molecule has 0 aromatic heterocycles. The average Bonchev–Trinajstić information content (AvgIpc) is 2.48. The number of sulfone groups is 1. The van der Waals surface area contributed by atoms with E-state index in [-0.39, 0.29) is 9.80 Å². The summed E-state index contributed by atoms with van der Waals surface area (Å²) in [6.45, 7) is 0.422. The van der Waals surface area contributed by atoms with E-state index in [0.717, 1.165) is 6.07 Å². The zero-order valence-corrected chi connectivity index (χ0v) is 9.43. The summed E-state index contributed by atoms with van der Waals surface area (Å²) in [5.41, 5.74) is 5.77. The molecule has 0 amide bonds. The Hall–Kier alpha value is -1.20. The molecule has 0 unspecified atom stereocenters. The van der Waals surface area contributed by atoms with Crippen molar-refractivity contribution in [3.8, 4) is 0 Å². The van der Waals surface area contributed by atoms with Crippen molar-refractivity contribution in [1.82, 2.24) is 0 Å². The maximum absolute atomic E-state index is 13.4. The Balaban J connectivity index is 2.48. The van der Waals surface area contributed by atoms with Gasteiger partial charge in [-0.15, -0.1) is 0 Å². The number of hydrogen-bond donors (Lipinski definition) is 1. The van der Waals surface area contributed by atoms with Crippen LogP contribution in [0.4, 0.5) is 4.39 Å². The molecule has 1 aromatic carbocycles. The van der Waals surface area contributed by atoms with Crippen LogP contribution in [0.25, 0.3) is 6.08 Å². The second kappa shape index (κ2) is 3.99. The molecule has 0 saturated heterocycles. The molecule has 1 heterocycles. The zero-order valence-electron chi connectivity index (χ0n) is 8.61. The second-order valence-corrected chi connectivity index (χ2v) is 5.60. The summed E-state index contributed by atoms with van der Waals surface area (Å²) >= 11 is 0. The zero-order chi connectivity index (χ0) is 11.8. The lowest BCUT2D eigenvalue weighted by Crippen LogP contribution is -2.05. The molecule has 1 aliphatic rings. The van der Waals surface area contributed by atoms with Gasteiger partial charge in [-0.1, -0.05) is 12.1 Å². The summed E-state index contributed by atoms with van der Waals surface area (Å²) in [4.78, 5) is 0.0695. The first kappa shape index (κ1) is 11.3. The lowest BCUT2D eigenvalue weighted by molar-refractivity contribution is 0.571. The quantitative estimate of drug-likeness (QED) is 0.876.